The van der Waals surface area contributed by atoms with Gasteiger partial charge in [0.2, 0.25) is 0 Å². The number of aliphatic hydroxyl groups excluding tert-OH is 1. The average molecular weight is 362 g/mol. The summed E-state index contributed by atoms with van der Waals surface area (Å²) in [4.78, 5) is 12.9. The lowest BCUT2D eigenvalue weighted by Crippen LogP contribution is -2.50. The molecule has 0 radical (unpaired) electrons. The first kappa shape index (κ1) is 17.8. The Labute approximate surface area is 146 Å². The smallest absolute Gasteiger partial charge is 0.423 e. The minimum atomic E-state index is -4.14. The topological polar surface area (TPSA) is 73.6 Å². The molecule has 1 aliphatic rings. The number of hydrogen-bond acceptors (Lipinski definition) is 4. The number of aliphatic hydroxyl groups is 1. The van der Waals surface area contributed by atoms with Gasteiger partial charge in [0.05, 0.1) is 30.0 Å². The molecule has 1 heterocycles. The van der Waals surface area contributed by atoms with Crippen LogP contribution in [0.15, 0.2) is 36.4 Å². The van der Waals surface area contributed by atoms with E-state index in [1.54, 1.807) is 6.07 Å². The zero-order valence-corrected chi connectivity index (χ0v) is 13.5. The molecule has 1 atom stereocenters. The first-order chi connectivity index (χ1) is 12.2. The van der Waals surface area contributed by atoms with Crippen molar-refractivity contribution in [1.82, 2.24) is 0 Å². The predicted molar refractivity (Wildman–Crippen MR) is 85.0 cm³/mol. The number of nitrogens with zero attached hydrogens (tertiary/aromatic N) is 2. The summed E-state index contributed by atoms with van der Waals surface area (Å²) in [7, 11) is 0. The van der Waals surface area contributed by atoms with Crippen LogP contribution in [-0.2, 0) is 11.3 Å². The fraction of sp³-hybridized carbons (Fsp3) is 0.222. The number of para-hydroxylation sites is 1. The van der Waals surface area contributed by atoms with Crippen molar-refractivity contribution in [3.05, 3.63) is 58.9 Å². The molecule has 3 rings (SSSR count). The molecule has 0 unspecified atom stereocenters. The highest BCUT2D eigenvalue weighted by atomic mass is 19.3. The molecule has 134 valence electrons. The van der Waals surface area contributed by atoms with Gasteiger partial charge in [-0.25, -0.2) is 4.39 Å². The number of rotatable bonds is 3. The highest BCUT2D eigenvalue weighted by Gasteiger charge is 2.51. The van der Waals surface area contributed by atoms with Gasteiger partial charge in [-0.3, -0.25) is 9.69 Å². The zero-order chi connectivity index (χ0) is 19.1. The maximum atomic E-state index is 14.1. The number of ether oxygens (including phenoxy) is 1. The van der Waals surface area contributed by atoms with Crippen LogP contribution in [-0.4, -0.2) is 17.1 Å². The normalized spacial score (nSPS) is 16.5. The van der Waals surface area contributed by atoms with Crippen molar-refractivity contribution in [2.45, 2.75) is 25.7 Å². The van der Waals surface area contributed by atoms with Crippen molar-refractivity contribution in [2.75, 3.05) is 4.90 Å². The van der Waals surface area contributed by atoms with Gasteiger partial charge in [-0.05, 0) is 36.8 Å². The molecule has 1 amide bonds. The van der Waals surface area contributed by atoms with Gasteiger partial charge >= 0.3 is 12.0 Å². The van der Waals surface area contributed by atoms with E-state index in [4.69, 9.17) is 5.26 Å². The maximum Gasteiger partial charge on any atom is 0.483 e. The van der Waals surface area contributed by atoms with Crippen LogP contribution < -0.4 is 9.64 Å². The van der Waals surface area contributed by atoms with Crippen molar-refractivity contribution >= 4 is 11.6 Å². The lowest BCUT2D eigenvalue weighted by molar-refractivity contribution is -0.193. The molecular formula is C18H13F3N2O3. The molecule has 0 saturated heterocycles. The van der Waals surface area contributed by atoms with Crippen LogP contribution in [0.5, 0.6) is 5.75 Å². The number of anilines is 1. The van der Waals surface area contributed by atoms with Gasteiger partial charge in [0, 0.05) is 5.56 Å². The van der Waals surface area contributed by atoms with Gasteiger partial charge < -0.3 is 9.84 Å². The van der Waals surface area contributed by atoms with Gasteiger partial charge in [0.1, 0.15) is 5.82 Å². The van der Waals surface area contributed by atoms with E-state index < -0.39 is 23.9 Å². The van der Waals surface area contributed by atoms with E-state index >= 15 is 0 Å². The van der Waals surface area contributed by atoms with Crippen molar-refractivity contribution < 1.29 is 27.8 Å². The Morgan fingerprint density at radius 1 is 1.35 bits per heavy atom. The molecular weight excluding hydrogens is 349 g/mol. The zero-order valence-electron chi connectivity index (χ0n) is 13.5. The summed E-state index contributed by atoms with van der Waals surface area (Å²) in [6.45, 7) is 0.990. The summed E-state index contributed by atoms with van der Waals surface area (Å²) < 4.78 is 46.3. The van der Waals surface area contributed by atoms with Gasteiger partial charge in [0.15, 0.2) is 5.75 Å². The van der Waals surface area contributed by atoms with Crippen LogP contribution in [0, 0.1) is 17.1 Å². The Morgan fingerprint density at radius 2 is 2.08 bits per heavy atom. The van der Waals surface area contributed by atoms with Crippen LogP contribution in [0.2, 0.25) is 0 Å². The number of benzene rings is 2. The van der Waals surface area contributed by atoms with E-state index in [2.05, 4.69) is 4.74 Å². The minimum Gasteiger partial charge on any atom is -0.423 e. The highest BCUT2D eigenvalue weighted by Crippen LogP contribution is 2.44. The Hall–Kier alpha value is -3.05. The molecule has 0 aromatic heterocycles. The Bertz CT molecular complexity index is 922. The second-order valence-electron chi connectivity index (χ2n) is 5.84. The highest BCUT2D eigenvalue weighted by molar-refractivity contribution is 6.01. The van der Waals surface area contributed by atoms with E-state index in [0.29, 0.717) is 0 Å². The van der Waals surface area contributed by atoms with Crippen LogP contribution in [0.1, 0.15) is 29.7 Å². The first-order valence-electron chi connectivity index (χ1n) is 7.62. The third kappa shape index (κ3) is 3.09. The number of halogens is 3. The molecule has 5 nitrogen and oxygen atoms in total. The van der Waals surface area contributed by atoms with E-state index in [0.717, 1.165) is 17.0 Å². The van der Waals surface area contributed by atoms with E-state index in [-0.39, 0.29) is 34.7 Å². The summed E-state index contributed by atoms with van der Waals surface area (Å²) in [6.07, 6.45) is -5.24. The molecule has 1 N–H and O–H groups in total. The van der Waals surface area contributed by atoms with Gasteiger partial charge in [-0.15, -0.1) is 0 Å². The summed E-state index contributed by atoms with van der Waals surface area (Å²) in [6, 6.07) is 9.41. The largest absolute Gasteiger partial charge is 0.483 e. The third-order valence-electron chi connectivity index (χ3n) is 3.92. The fourth-order valence-corrected chi connectivity index (χ4v) is 2.78. The number of alkyl halides is 2. The summed E-state index contributed by atoms with van der Waals surface area (Å²) >= 11 is 0. The number of amides is 1. The van der Waals surface area contributed by atoms with Gasteiger partial charge in [0.25, 0.3) is 0 Å². The lowest BCUT2D eigenvalue weighted by Gasteiger charge is -2.35. The second kappa shape index (κ2) is 6.35. The van der Waals surface area contributed by atoms with Gasteiger partial charge in [-0.1, -0.05) is 12.1 Å². The molecule has 2 aromatic rings. The van der Waals surface area contributed by atoms with Crippen LogP contribution in [0.25, 0.3) is 0 Å². The number of hydrogen-bond donors (Lipinski definition) is 1. The average Bonchev–Trinajstić information content (AvgIpc) is 2.57. The molecule has 1 aliphatic heterocycles. The van der Waals surface area contributed by atoms with E-state index in [1.165, 1.54) is 31.2 Å². The maximum absolute atomic E-state index is 14.1. The van der Waals surface area contributed by atoms with E-state index in [1.807, 2.05) is 0 Å². The van der Waals surface area contributed by atoms with Crippen molar-refractivity contribution in [3.63, 3.8) is 0 Å². The summed E-state index contributed by atoms with van der Waals surface area (Å²) in [5.41, 5.74) is 0.296. The predicted octanol–water partition coefficient (Wildman–Crippen LogP) is 3.27. The molecule has 0 bridgehead atoms. The number of nitriles is 1. The molecule has 2 aromatic carbocycles. The molecule has 0 spiro atoms. The third-order valence-corrected chi connectivity index (χ3v) is 3.92. The Kier molecular flexibility index (Phi) is 4.34. The van der Waals surface area contributed by atoms with Crippen LogP contribution in [0.3, 0.4) is 0 Å². The van der Waals surface area contributed by atoms with Crippen molar-refractivity contribution in [3.8, 4) is 11.8 Å². The summed E-state index contributed by atoms with van der Waals surface area (Å²) in [5.74, 6) is -2.65. The van der Waals surface area contributed by atoms with Crippen molar-refractivity contribution in [1.29, 1.82) is 5.26 Å². The fourth-order valence-electron chi connectivity index (χ4n) is 2.78. The minimum absolute atomic E-state index is 0.00502. The molecule has 8 heteroatoms. The standard InChI is InChI=1S/C18H13F3N2O3/c1-10(24)14-3-2-4-15-16(14)26-18(20,21)17(25)23(15)9-12-5-11(8-22)6-13(19)7-12/h2-7,10,24H,9H2,1H3/t10-/m1/s1. The van der Waals surface area contributed by atoms with Crippen LogP contribution in [0.4, 0.5) is 18.9 Å². The number of carbonyl (C=O) groups is 1. The molecule has 0 fully saturated rings. The summed E-state index contributed by atoms with van der Waals surface area (Å²) in [5, 5.41) is 18.7. The monoisotopic (exact) mass is 362 g/mol. The molecule has 0 aliphatic carbocycles. The van der Waals surface area contributed by atoms with E-state index in [9.17, 15) is 23.1 Å². The van der Waals surface area contributed by atoms with Gasteiger partial charge in [-0.2, -0.15) is 14.0 Å². The first-order valence-corrected chi connectivity index (χ1v) is 7.62. The molecule has 26 heavy (non-hydrogen) atoms. The van der Waals surface area contributed by atoms with Crippen molar-refractivity contribution in [2.24, 2.45) is 0 Å². The number of carbonyl (C=O) groups excluding carboxylic acids is 1. The van der Waals surface area contributed by atoms with Crippen LogP contribution >= 0.6 is 0 Å². The Morgan fingerprint density at radius 3 is 2.73 bits per heavy atom. The Balaban J connectivity index is 2.10. The quantitative estimate of drug-likeness (QED) is 0.910. The number of fused-ring (bicyclic) bond motifs is 1. The lowest BCUT2D eigenvalue weighted by atomic mass is 10.0. The molecule has 0 saturated carbocycles. The SMILES string of the molecule is C[C@@H](O)c1cccc2c1OC(F)(F)C(=O)N2Cc1cc(F)cc(C#N)c1. The second-order valence-corrected chi connectivity index (χ2v) is 5.84.